The van der Waals surface area contributed by atoms with Crippen LogP contribution in [0.1, 0.15) is 13.3 Å². The number of nitrogens with zero attached hydrogens (tertiary/aromatic N) is 3. The lowest BCUT2D eigenvalue weighted by Gasteiger charge is -1.90. The maximum atomic E-state index is 3.72. The van der Waals surface area contributed by atoms with E-state index < -0.39 is 0 Å². The molecule has 0 spiro atoms. The summed E-state index contributed by atoms with van der Waals surface area (Å²) in [7, 11) is 0. The van der Waals surface area contributed by atoms with Crippen molar-refractivity contribution in [3.63, 3.8) is 0 Å². The molecule has 1 heterocycles. The van der Waals surface area contributed by atoms with Crippen molar-refractivity contribution in [3.8, 4) is 0 Å². The fourth-order valence-electron chi connectivity index (χ4n) is 0.528. The molecular formula is C5H8N3. The van der Waals surface area contributed by atoms with E-state index in [4.69, 9.17) is 0 Å². The first-order valence-corrected chi connectivity index (χ1v) is 2.69. The van der Waals surface area contributed by atoms with Gasteiger partial charge in [0.15, 0.2) is 0 Å². The van der Waals surface area contributed by atoms with Crippen LogP contribution in [0.25, 0.3) is 0 Å². The molecule has 1 aromatic rings. The van der Waals surface area contributed by atoms with Crippen molar-refractivity contribution >= 4 is 0 Å². The molecule has 0 atom stereocenters. The van der Waals surface area contributed by atoms with Crippen LogP contribution in [0.2, 0.25) is 0 Å². The fourth-order valence-corrected chi connectivity index (χ4v) is 0.528. The van der Waals surface area contributed by atoms with Gasteiger partial charge in [0.25, 0.3) is 0 Å². The summed E-state index contributed by atoms with van der Waals surface area (Å²) in [4.78, 5) is 0. The summed E-state index contributed by atoms with van der Waals surface area (Å²) in [6, 6.07) is 0. The van der Waals surface area contributed by atoms with Crippen LogP contribution in [0.15, 0.2) is 6.20 Å². The van der Waals surface area contributed by atoms with Gasteiger partial charge in [-0.25, -0.2) is 4.68 Å². The first kappa shape index (κ1) is 5.28. The van der Waals surface area contributed by atoms with E-state index in [0.29, 0.717) is 0 Å². The molecule has 0 aliphatic rings. The Labute approximate surface area is 48.3 Å². The van der Waals surface area contributed by atoms with E-state index in [0.717, 1.165) is 13.0 Å². The number of aryl methyl sites for hydroxylation is 1. The fraction of sp³-hybridized carbons (Fsp3) is 0.600. The van der Waals surface area contributed by atoms with E-state index >= 15 is 0 Å². The van der Waals surface area contributed by atoms with Gasteiger partial charge in [-0.05, 0) is 6.42 Å². The van der Waals surface area contributed by atoms with E-state index in [1.165, 1.54) is 0 Å². The zero-order valence-electron chi connectivity index (χ0n) is 4.83. The van der Waals surface area contributed by atoms with Gasteiger partial charge < -0.3 is 0 Å². The highest BCUT2D eigenvalue weighted by molar-refractivity contribution is 4.59. The van der Waals surface area contributed by atoms with Gasteiger partial charge in [0.2, 0.25) is 0 Å². The first-order chi connectivity index (χ1) is 3.93. The molecule has 0 bridgehead atoms. The molecule has 8 heavy (non-hydrogen) atoms. The van der Waals surface area contributed by atoms with Crippen LogP contribution < -0.4 is 0 Å². The molecule has 3 heteroatoms. The number of rotatable bonds is 2. The van der Waals surface area contributed by atoms with E-state index in [9.17, 15) is 0 Å². The van der Waals surface area contributed by atoms with E-state index in [-0.39, 0.29) is 0 Å². The van der Waals surface area contributed by atoms with Gasteiger partial charge in [0.1, 0.15) is 6.20 Å². The Morgan fingerprint density at radius 3 is 3.12 bits per heavy atom. The zero-order chi connectivity index (χ0) is 5.82. The molecular weight excluding hydrogens is 102 g/mol. The third-order valence-electron chi connectivity index (χ3n) is 0.860. The Kier molecular flexibility index (Phi) is 1.62. The van der Waals surface area contributed by atoms with Crippen molar-refractivity contribution in [2.75, 3.05) is 0 Å². The molecule has 0 fully saturated rings. The van der Waals surface area contributed by atoms with Crippen LogP contribution in [-0.4, -0.2) is 15.0 Å². The van der Waals surface area contributed by atoms with Gasteiger partial charge in [-0.15, -0.1) is 5.10 Å². The highest BCUT2D eigenvalue weighted by Crippen LogP contribution is 1.82. The second-order valence-electron chi connectivity index (χ2n) is 1.59. The predicted octanol–water partition coefficient (Wildman–Crippen LogP) is 0.488. The molecule has 1 aromatic heterocycles. The monoisotopic (exact) mass is 110 g/mol. The maximum absolute atomic E-state index is 3.72. The van der Waals surface area contributed by atoms with Crippen molar-refractivity contribution in [1.29, 1.82) is 0 Å². The Bertz CT molecular complexity index is 133. The Morgan fingerprint density at radius 1 is 1.75 bits per heavy atom. The summed E-state index contributed by atoms with van der Waals surface area (Å²) < 4.78 is 1.69. The van der Waals surface area contributed by atoms with E-state index in [1.807, 2.05) is 0 Å². The van der Waals surface area contributed by atoms with Crippen LogP contribution in [0.4, 0.5) is 0 Å². The molecule has 0 aliphatic heterocycles. The average Bonchev–Trinajstić information content (AvgIpc) is 2.19. The third-order valence-corrected chi connectivity index (χ3v) is 0.860. The van der Waals surface area contributed by atoms with E-state index in [2.05, 4.69) is 23.4 Å². The number of hydrogen-bond donors (Lipinski definition) is 0. The Hall–Kier alpha value is -0.860. The van der Waals surface area contributed by atoms with Crippen LogP contribution in [0.3, 0.4) is 0 Å². The molecule has 0 saturated carbocycles. The molecule has 0 unspecified atom stereocenters. The summed E-state index contributed by atoms with van der Waals surface area (Å²) >= 11 is 0. The van der Waals surface area contributed by atoms with Crippen LogP contribution in [-0.2, 0) is 6.54 Å². The molecule has 0 saturated heterocycles. The standard InChI is InChI=1S/C5H8N3/c1-2-4-8-5-3-6-7-8/h3H,2,4H2,1H3. The molecule has 0 amide bonds. The molecule has 0 N–H and O–H groups in total. The lowest BCUT2D eigenvalue weighted by Crippen LogP contribution is -1.96. The molecule has 43 valence electrons. The van der Waals surface area contributed by atoms with Gasteiger partial charge >= 0.3 is 0 Å². The maximum Gasteiger partial charge on any atom is 0.108 e. The molecule has 1 radical (unpaired) electrons. The molecule has 0 aromatic carbocycles. The molecule has 3 nitrogen and oxygen atoms in total. The highest BCUT2D eigenvalue weighted by atomic mass is 15.4. The summed E-state index contributed by atoms with van der Waals surface area (Å²) in [6.07, 6.45) is 5.48. The second-order valence-corrected chi connectivity index (χ2v) is 1.59. The minimum absolute atomic E-state index is 0.917. The smallest absolute Gasteiger partial charge is 0.108 e. The predicted molar refractivity (Wildman–Crippen MR) is 29.1 cm³/mol. The average molecular weight is 110 g/mol. The van der Waals surface area contributed by atoms with Gasteiger partial charge in [-0.2, -0.15) is 0 Å². The van der Waals surface area contributed by atoms with Crippen molar-refractivity contribution in [3.05, 3.63) is 12.4 Å². The summed E-state index contributed by atoms with van der Waals surface area (Å²) in [6.45, 7) is 3.01. The lowest BCUT2D eigenvalue weighted by atomic mass is 10.5. The van der Waals surface area contributed by atoms with Crippen LogP contribution in [0.5, 0.6) is 0 Å². The minimum atomic E-state index is 0.917. The van der Waals surface area contributed by atoms with Crippen LogP contribution >= 0.6 is 0 Å². The van der Waals surface area contributed by atoms with Crippen molar-refractivity contribution in [1.82, 2.24) is 15.0 Å². The first-order valence-electron chi connectivity index (χ1n) is 2.69. The topological polar surface area (TPSA) is 30.7 Å². The third kappa shape index (κ3) is 1.05. The largest absolute Gasteiger partial charge is 0.243 e. The van der Waals surface area contributed by atoms with Gasteiger partial charge in [0, 0.05) is 6.54 Å². The van der Waals surface area contributed by atoms with Gasteiger partial charge in [-0.1, -0.05) is 12.1 Å². The highest BCUT2D eigenvalue weighted by Gasteiger charge is 1.84. The number of hydrogen-bond acceptors (Lipinski definition) is 2. The molecule has 1 rings (SSSR count). The van der Waals surface area contributed by atoms with Gasteiger partial charge in [-0.3, -0.25) is 0 Å². The quantitative estimate of drug-likeness (QED) is 0.554. The minimum Gasteiger partial charge on any atom is -0.243 e. The Morgan fingerprint density at radius 2 is 2.62 bits per heavy atom. The van der Waals surface area contributed by atoms with Gasteiger partial charge in [0.05, 0.1) is 6.20 Å². The zero-order valence-corrected chi connectivity index (χ0v) is 4.83. The summed E-state index contributed by atoms with van der Waals surface area (Å²) in [5, 5.41) is 7.32. The Balaban J connectivity index is 2.50. The van der Waals surface area contributed by atoms with Crippen molar-refractivity contribution in [2.45, 2.75) is 19.9 Å². The van der Waals surface area contributed by atoms with E-state index in [1.54, 1.807) is 10.9 Å². The summed E-state index contributed by atoms with van der Waals surface area (Å²) in [5.41, 5.74) is 0. The van der Waals surface area contributed by atoms with Crippen molar-refractivity contribution in [2.24, 2.45) is 0 Å². The number of aromatic nitrogens is 3. The van der Waals surface area contributed by atoms with Crippen molar-refractivity contribution < 1.29 is 0 Å². The normalized spacial score (nSPS) is 9.62. The lowest BCUT2D eigenvalue weighted by molar-refractivity contribution is 0.575. The second kappa shape index (κ2) is 2.45. The SMILES string of the molecule is CCCn1[c]cnn1. The molecule has 0 aliphatic carbocycles. The summed E-state index contributed by atoms with van der Waals surface area (Å²) in [5.74, 6) is 0. The van der Waals surface area contributed by atoms with Crippen LogP contribution in [0, 0.1) is 6.20 Å².